The van der Waals surface area contributed by atoms with Gasteiger partial charge in [0.15, 0.2) is 15.6 Å². The normalized spacial score (nSPS) is 18.4. The first kappa shape index (κ1) is 23.8. The van der Waals surface area contributed by atoms with Crippen LogP contribution in [-0.4, -0.2) is 44.3 Å². The van der Waals surface area contributed by atoms with E-state index in [0.29, 0.717) is 22.3 Å². The molecule has 2 N–H and O–H groups in total. The Morgan fingerprint density at radius 1 is 1.08 bits per heavy atom. The average Bonchev–Trinajstić information content (AvgIpc) is 3.17. The van der Waals surface area contributed by atoms with Gasteiger partial charge in [0.2, 0.25) is 5.88 Å². The molecule has 0 radical (unpaired) electrons. The molecule has 1 aliphatic carbocycles. The fourth-order valence-electron chi connectivity index (χ4n) is 4.35. The third kappa shape index (κ3) is 4.90. The van der Waals surface area contributed by atoms with Crippen LogP contribution in [0.3, 0.4) is 0 Å². The lowest BCUT2D eigenvalue weighted by Gasteiger charge is -2.28. The van der Waals surface area contributed by atoms with Gasteiger partial charge in [-0.05, 0) is 43.0 Å². The summed E-state index contributed by atoms with van der Waals surface area (Å²) in [6.07, 6.45) is 3.86. The van der Waals surface area contributed by atoms with E-state index >= 15 is 0 Å². The predicted octanol–water partition coefficient (Wildman–Crippen LogP) is 4.16. The van der Waals surface area contributed by atoms with Crippen molar-refractivity contribution in [2.75, 3.05) is 18.2 Å². The van der Waals surface area contributed by atoms with Gasteiger partial charge in [0.1, 0.15) is 11.1 Å². The molecular weight excluding hydrogens is 482 g/mol. The number of benzene rings is 2. The van der Waals surface area contributed by atoms with Crippen LogP contribution < -0.4 is 20.1 Å². The number of rotatable bonds is 6. The lowest BCUT2D eigenvalue weighted by Crippen LogP contribution is -2.35. The minimum atomic E-state index is -3.32. The molecule has 9 nitrogen and oxygen atoms in total. The molecule has 2 aliphatic rings. The van der Waals surface area contributed by atoms with Crippen molar-refractivity contribution in [1.82, 2.24) is 10.3 Å². The van der Waals surface area contributed by atoms with Crippen molar-refractivity contribution in [3.63, 3.8) is 0 Å². The molecule has 3 aromatic rings. The second-order valence-corrected chi connectivity index (χ2v) is 10.8. The molecule has 1 saturated carbocycles. The number of hydrogen-bond acceptors (Lipinski definition) is 7. The fourth-order valence-corrected chi connectivity index (χ4v) is 5.58. The van der Waals surface area contributed by atoms with Gasteiger partial charge in [-0.2, -0.15) is 0 Å². The number of sulfone groups is 1. The van der Waals surface area contributed by atoms with Gasteiger partial charge < -0.3 is 14.8 Å². The molecule has 0 saturated heterocycles. The minimum Gasteiger partial charge on any atom is -0.480 e. The third-order valence-electron chi connectivity index (χ3n) is 6.38. The molecule has 10 heteroatoms. The first-order chi connectivity index (χ1) is 17.3. The van der Waals surface area contributed by atoms with Gasteiger partial charge >= 0.3 is 6.09 Å². The summed E-state index contributed by atoms with van der Waals surface area (Å²) in [6, 6.07) is 13.7. The summed E-state index contributed by atoms with van der Waals surface area (Å²) in [4.78, 5) is 30.3. The van der Waals surface area contributed by atoms with Crippen LogP contribution in [0.1, 0.15) is 41.1 Å². The molecule has 0 unspecified atom stereocenters. The van der Waals surface area contributed by atoms with Crippen LogP contribution in [0.5, 0.6) is 11.6 Å². The highest BCUT2D eigenvalue weighted by atomic mass is 32.2. The molecule has 36 heavy (non-hydrogen) atoms. The number of fused-ring (bicyclic) bond motifs is 1. The van der Waals surface area contributed by atoms with Crippen molar-refractivity contribution < 1.29 is 27.5 Å². The first-order valence-electron chi connectivity index (χ1n) is 11.6. The summed E-state index contributed by atoms with van der Waals surface area (Å²) < 4.78 is 34.6. The van der Waals surface area contributed by atoms with E-state index in [-0.39, 0.29) is 23.1 Å². The Kier molecular flexibility index (Phi) is 6.36. The lowest BCUT2D eigenvalue weighted by atomic mass is 9.79. The van der Waals surface area contributed by atoms with Crippen molar-refractivity contribution in [3.8, 4) is 11.6 Å². The number of nitrogens with zero attached hydrogens (tertiary/aromatic N) is 1. The van der Waals surface area contributed by atoms with Gasteiger partial charge in [-0.15, -0.1) is 0 Å². The van der Waals surface area contributed by atoms with E-state index in [1.807, 2.05) is 30.3 Å². The van der Waals surface area contributed by atoms with E-state index < -0.39 is 27.9 Å². The molecule has 1 aliphatic heterocycles. The maximum atomic E-state index is 13.0. The number of carbonyl (C=O) groups excluding carboxylic acids is 2. The molecule has 1 atom stereocenters. The van der Waals surface area contributed by atoms with Crippen LogP contribution in [0.15, 0.2) is 60.0 Å². The van der Waals surface area contributed by atoms with Crippen molar-refractivity contribution >= 4 is 38.4 Å². The number of hydrogen-bond donors (Lipinski definition) is 2. The van der Waals surface area contributed by atoms with Gasteiger partial charge in [0.25, 0.3) is 5.91 Å². The van der Waals surface area contributed by atoms with Crippen LogP contribution in [0, 0.1) is 0 Å². The van der Waals surface area contributed by atoms with Gasteiger partial charge in [0.05, 0.1) is 18.9 Å². The SMILES string of the molecule is COc1nc2c(OC(=O)Nc3ccccc3)c(C3CCC3)ccc2cc1C(=O)N[C@@H]1C=CS(=O)(=O)C1. The van der Waals surface area contributed by atoms with Crippen molar-refractivity contribution in [1.29, 1.82) is 0 Å². The van der Waals surface area contributed by atoms with Gasteiger partial charge in [-0.3, -0.25) is 10.1 Å². The highest BCUT2D eigenvalue weighted by molar-refractivity contribution is 7.94. The predicted molar refractivity (Wildman–Crippen MR) is 135 cm³/mol. The summed E-state index contributed by atoms with van der Waals surface area (Å²) >= 11 is 0. The summed E-state index contributed by atoms with van der Waals surface area (Å²) in [7, 11) is -1.93. The highest BCUT2D eigenvalue weighted by Gasteiger charge is 2.29. The standard InChI is InChI=1S/C26H25N3O6S/c1-34-25-21(24(30)27-19-12-13-36(32,33)15-19)14-17-10-11-20(16-6-5-7-16)23(22(17)29-25)35-26(31)28-18-8-3-2-4-9-18/h2-4,8-14,16,19H,5-7,15H2,1H3,(H,27,30)(H,28,31)/t19-/m1/s1. The number of carbonyl (C=O) groups is 2. The molecular formula is C26H25N3O6S. The first-order valence-corrected chi connectivity index (χ1v) is 13.3. The summed E-state index contributed by atoms with van der Waals surface area (Å²) in [5, 5.41) is 7.10. The number of nitrogens with one attached hydrogen (secondary N) is 2. The average molecular weight is 508 g/mol. The Hall–Kier alpha value is -3.92. The topological polar surface area (TPSA) is 124 Å². The summed E-state index contributed by atoms with van der Waals surface area (Å²) in [5.41, 5.74) is 2.03. The van der Waals surface area contributed by atoms with Crippen LogP contribution in [-0.2, 0) is 9.84 Å². The van der Waals surface area contributed by atoms with Crippen molar-refractivity contribution in [2.24, 2.45) is 0 Å². The molecule has 2 aromatic carbocycles. The Morgan fingerprint density at radius 3 is 2.50 bits per heavy atom. The summed E-state index contributed by atoms with van der Waals surface area (Å²) in [6.45, 7) is 0. The Labute approximate surface area is 208 Å². The molecule has 0 spiro atoms. The van der Waals surface area contributed by atoms with Crippen molar-refractivity contribution in [2.45, 2.75) is 31.2 Å². The summed E-state index contributed by atoms with van der Waals surface area (Å²) in [5.74, 6) is -0.0767. The number of para-hydroxylation sites is 1. The molecule has 2 heterocycles. The monoisotopic (exact) mass is 507 g/mol. The zero-order valence-electron chi connectivity index (χ0n) is 19.6. The number of anilines is 1. The zero-order valence-corrected chi connectivity index (χ0v) is 20.4. The number of aromatic nitrogens is 1. The molecule has 5 rings (SSSR count). The number of ether oxygens (including phenoxy) is 2. The van der Waals surface area contributed by atoms with Crippen LogP contribution >= 0.6 is 0 Å². The Balaban J connectivity index is 1.49. The molecule has 1 aromatic heterocycles. The second-order valence-electron chi connectivity index (χ2n) is 8.85. The largest absolute Gasteiger partial charge is 0.480 e. The molecule has 2 amide bonds. The van der Waals surface area contributed by atoms with E-state index in [0.717, 1.165) is 30.2 Å². The minimum absolute atomic E-state index is 0.0453. The number of pyridine rings is 1. The van der Waals surface area contributed by atoms with Gasteiger partial charge in [-0.25, -0.2) is 18.2 Å². The zero-order chi connectivity index (χ0) is 25.3. The fraction of sp³-hybridized carbons (Fsp3) is 0.269. The second kappa shape index (κ2) is 9.62. The van der Waals surface area contributed by atoms with E-state index in [4.69, 9.17) is 9.47 Å². The van der Waals surface area contributed by atoms with Crippen LogP contribution in [0.4, 0.5) is 10.5 Å². The third-order valence-corrected chi connectivity index (χ3v) is 7.78. The smallest absolute Gasteiger partial charge is 0.417 e. The van der Waals surface area contributed by atoms with Crippen molar-refractivity contribution in [3.05, 3.63) is 71.1 Å². The van der Waals surface area contributed by atoms with E-state index in [1.165, 1.54) is 13.2 Å². The quantitative estimate of drug-likeness (QED) is 0.513. The molecule has 1 fully saturated rings. The van der Waals surface area contributed by atoms with Gasteiger partial charge in [0, 0.05) is 22.0 Å². The van der Waals surface area contributed by atoms with E-state index in [9.17, 15) is 18.0 Å². The highest BCUT2D eigenvalue weighted by Crippen LogP contribution is 2.44. The Bertz CT molecular complexity index is 1470. The molecule has 0 bridgehead atoms. The van der Waals surface area contributed by atoms with Gasteiger partial charge in [-0.1, -0.05) is 36.8 Å². The lowest BCUT2D eigenvalue weighted by molar-refractivity contribution is 0.0944. The maximum Gasteiger partial charge on any atom is 0.417 e. The number of amides is 2. The van der Waals surface area contributed by atoms with E-state index in [1.54, 1.807) is 18.2 Å². The van der Waals surface area contributed by atoms with Crippen LogP contribution in [0.2, 0.25) is 0 Å². The Morgan fingerprint density at radius 2 is 1.86 bits per heavy atom. The number of methoxy groups -OCH3 is 1. The maximum absolute atomic E-state index is 13.0. The molecule has 186 valence electrons. The van der Waals surface area contributed by atoms with Crippen LogP contribution in [0.25, 0.3) is 10.9 Å². The van der Waals surface area contributed by atoms with E-state index in [2.05, 4.69) is 15.6 Å².